The number of nitrogens with zero attached hydrogens (tertiary/aromatic N) is 1. The molecule has 110 valence electrons. The third kappa shape index (κ3) is 3.17. The zero-order valence-corrected chi connectivity index (χ0v) is 12.3. The van der Waals surface area contributed by atoms with Crippen LogP contribution < -0.4 is 4.72 Å². The fourth-order valence-electron chi connectivity index (χ4n) is 2.34. The van der Waals surface area contributed by atoms with Gasteiger partial charge in [-0.3, -0.25) is 0 Å². The molecule has 1 aliphatic heterocycles. The summed E-state index contributed by atoms with van der Waals surface area (Å²) in [6, 6.07) is 4.00. The van der Waals surface area contributed by atoms with Crippen LogP contribution in [0.1, 0.15) is 22.3 Å². The lowest BCUT2D eigenvalue weighted by atomic mass is 10.1. The number of sulfonamides is 1. The van der Waals surface area contributed by atoms with Crippen LogP contribution in [0.2, 0.25) is 0 Å². The summed E-state index contributed by atoms with van der Waals surface area (Å²) in [6.45, 7) is 3.17. The van der Waals surface area contributed by atoms with Crippen LogP contribution in [0.25, 0.3) is 0 Å². The van der Waals surface area contributed by atoms with Crippen LogP contribution in [0, 0.1) is 6.92 Å². The fraction of sp³-hybridized carbons (Fsp3) is 0.462. The molecule has 0 spiro atoms. The molecule has 0 aliphatic carbocycles. The monoisotopic (exact) mass is 298 g/mol. The van der Waals surface area contributed by atoms with Gasteiger partial charge in [-0.1, -0.05) is 6.07 Å². The molecule has 1 aromatic rings. The maximum Gasteiger partial charge on any atom is 0.335 e. The fourth-order valence-corrected chi connectivity index (χ4v) is 3.87. The molecule has 0 aromatic heterocycles. The van der Waals surface area contributed by atoms with E-state index in [4.69, 9.17) is 5.11 Å². The molecule has 7 heteroatoms. The average Bonchev–Trinajstić information content (AvgIpc) is 2.73. The van der Waals surface area contributed by atoms with Crippen molar-refractivity contribution in [1.29, 1.82) is 0 Å². The van der Waals surface area contributed by atoms with Gasteiger partial charge in [0.05, 0.1) is 10.5 Å². The predicted octanol–water partition coefficient (Wildman–Crippen LogP) is 0.676. The summed E-state index contributed by atoms with van der Waals surface area (Å²) in [7, 11) is -1.76. The Balaban J connectivity index is 2.29. The van der Waals surface area contributed by atoms with Crippen molar-refractivity contribution in [2.75, 3.05) is 20.1 Å². The molecule has 1 fully saturated rings. The van der Waals surface area contributed by atoms with Crippen LogP contribution in [0.15, 0.2) is 23.1 Å². The van der Waals surface area contributed by atoms with E-state index in [1.54, 1.807) is 6.92 Å². The standard InChI is InChI=1S/C13H18N2O4S/c1-9-3-4-10(13(16)17)7-12(9)20(18,19)14-11-5-6-15(2)8-11/h3-4,7,11,14H,5-6,8H2,1-2H3,(H,16,17). The zero-order chi connectivity index (χ0) is 14.9. The minimum Gasteiger partial charge on any atom is -0.478 e. The van der Waals surface area contributed by atoms with Crippen LogP contribution >= 0.6 is 0 Å². The topological polar surface area (TPSA) is 86.7 Å². The zero-order valence-electron chi connectivity index (χ0n) is 11.5. The van der Waals surface area contributed by atoms with E-state index in [2.05, 4.69) is 4.72 Å². The quantitative estimate of drug-likeness (QED) is 0.853. The van der Waals surface area contributed by atoms with E-state index >= 15 is 0 Å². The van der Waals surface area contributed by atoms with Gasteiger partial charge >= 0.3 is 5.97 Å². The Hall–Kier alpha value is -1.44. The second kappa shape index (κ2) is 5.51. The minimum atomic E-state index is -3.69. The third-order valence-electron chi connectivity index (χ3n) is 3.44. The Morgan fingerprint density at radius 1 is 1.45 bits per heavy atom. The molecule has 1 aliphatic rings. The molecule has 0 saturated carbocycles. The third-order valence-corrected chi connectivity index (χ3v) is 5.10. The highest BCUT2D eigenvalue weighted by molar-refractivity contribution is 7.89. The Morgan fingerprint density at radius 3 is 2.70 bits per heavy atom. The van der Waals surface area contributed by atoms with E-state index in [9.17, 15) is 13.2 Å². The van der Waals surface area contributed by atoms with Crippen molar-refractivity contribution >= 4 is 16.0 Å². The van der Waals surface area contributed by atoms with E-state index in [0.717, 1.165) is 13.0 Å². The summed E-state index contributed by atoms with van der Waals surface area (Å²) in [5.41, 5.74) is 0.508. The van der Waals surface area contributed by atoms with Gasteiger partial charge < -0.3 is 10.0 Å². The number of carbonyl (C=O) groups is 1. The normalized spacial score (nSPS) is 20.2. The molecular formula is C13H18N2O4S. The van der Waals surface area contributed by atoms with Crippen LogP contribution in [0.5, 0.6) is 0 Å². The van der Waals surface area contributed by atoms with Crippen molar-refractivity contribution in [2.24, 2.45) is 0 Å². The van der Waals surface area contributed by atoms with Crippen LogP contribution in [-0.4, -0.2) is 50.6 Å². The number of hydrogen-bond acceptors (Lipinski definition) is 4. The van der Waals surface area contributed by atoms with Gasteiger partial charge in [0.2, 0.25) is 10.0 Å². The molecule has 20 heavy (non-hydrogen) atoms. The van der Waals surface area contributed by atoms with Crippen LogP contribution in [0.3, 0.4) is 0 Å². The highest BCUT2D eigenvalue weighted by atomic mass is 32.2. The van der Waals surface area contributed by atoms with Gasteiger partial charge in [-0.15, -0.1) is 0 Å². The number of carboxylic acid groups (broad SMARTS) is 1. The van der Waals surface area contributed by atoms with Gasteiger partial charge in [-0.25, -0.2) is 17.9 Å². The molecule has 6 nitrogen and oxygen atoms in total. The first-order valence-electron chi connectivity index (χ1n) is 6.34. The minimum absolute atomic E-state index is 0.0282. The molecule has 0 bridgehead atoms. The van der Waals surface area contributed by atoms with Crippen molar-refractivity contribution in [3.63, 3.8) is 0 Å². The van der Waals surface area contributed by atoms with E-state index in [1.807, 2.05) is 11.9 Å². The molecule has 2 N–H and O–H groups in total. The Kier molecular flexibility index (Phi) is 4.12. The van der Waals surface area contributed by atoms with Crippen molar-refractivity contribution in [1.82, 2.24) is 9.62 Å². The Morgan fingerprint density at radius 2 is 2.15 bits per heavy atom. The molecule has 1 heterocycles. The van der Waals surface area contributed by atoms with Crippen LogP contribution in [-0.2, 0) is 10.0 Å². The molecule has 0 amide bonds. The smallest absolute Gasteiger partial charge is 0.335 e. The van der Waals surface area contributed by atoms with E-state index in [0.29, 0.717) is 12.1 Å². The molecule has 2 rings (SSSR count). The largest absolute Gasteiger partial charge is 0.478 e. The number of rotatable bonds is 4. The second-order valence-electron chi connectivity index (χ2n) is 5.15. The van der Waals surface area contributed by atoms with E-state index < -0.39 is 16.0 Å². The number of likely N-dealkylation sites (N-methyl/N-ethyl adjacent to an activating group) is 1. The number of hydrogen-bond donors (Lipinski definition) is 2. The Labute approximate surface area is 118 Å². The number of likely N-dealkylation sites (tertiary alicyclic amines) is 1. The maximum atomic E-state index is 12.4. The summed E-state index contributed by atoms with van der Waals surface area (Å²) in [6.07, 6.45) is 0.757. The predicted molar refractivity (Wildman–Crippen MR) is 74.4 cm³/mol. The maximum absolute atomic E-state index is 12.4. The molecule has 1 aromatic carbocycles. The summed E-state index contributed by atoms with van der Waals surface area (Å²) in [5, 5.41) is 8.96. The summed E-state index contributed by atoms with van der Waals surface area (Å²) >= 11 is 0. The summed E-state index contributed by atoms with van der Waals surface area (Å²) in [4.78, 5) is 13.0. The van der Waals surface area contributed by atoms with Gasteiger partial charge in [0.25, 0.3) is 0 Å². The van der Waals surface area contributed by atoms with Crippen molar-refractivity contribution in [3.8, 4) is 0 Å². The van der Waals surface area contributed by atoms with Gasteiger partial charge in [-0.05, 0) is 44.6 Å². The lowest BCUT2D eigenvalue weighted by Crippen LogP contribution is -2.36. The number of carboxylic acids is 1. The average molecular weight is 298 g/mol. The molecule has 1 saturated heterocycles. The van der Waals surface area contributed by atoms with Crippen LogP contribution in [0.4, 0.5) is 0 Å². The van der Waals surface area contributed by atoms with Gasteiger partial charge in [-0.2, -0.15) is 0 Å². The highest BCUT2D eigenvalue weighted by Crippen LogP contribution is 2.19. The summed E-state index contributed by atoms with van der Waals surface area (Å²) < 4.78 is 27.4. The van der Waals surface area contributed by atoms with Gasteiger partial charge in [0, 0.05) is 12.6 Å². The van der Waals surface area contributed by atoms with E-state index in [1.165, 1.54) is 18.2 Å². The van der Waals surface area contributed by atoms with Crippen molar-refractivity contribution < 1.29 is 18.3 Å². The molecule has 1 atom stereocenters. The molecule has 0 radical (unpaired) electrons. The first-order chi connectivity index (χ1) is 9.29. The van der Waals surface area contributed by atoms with Gasteiger partial charge in [0.15, 0.2) is 0 Å². The van der Waals surface area contributed by atoms with E-state index in [-0.39, 0.29) is 16.5 Å². The number of benzene rings is 1. The first kappa shape index (κ1) is 15.0. The van der Waals surface area contributed by atoms with Crippen molar-refractivity contribution in [3.05, 3.63) is 29.3 Å². The van der Waals surface area contributed by atoms with Crippen molar-refractivity contribution in [2.45, 2.75) is 24.3 Å². The molecular weight excluding hydrogens is 280 g/mol. The second-order valence-corrected chi connectivity index (χ2v) is 6.84. The number of aromatic carboxylic acids is 1. The highest BCUT2D eigenvalue weighted by Gasteiger charge is 2.26. The lowest BCUT2D eigenvalue weighted by Gasteiger charge is -2.15. The van der Waals surface area contributed by atoms with Gasteiger partial charge in [0.1, 0.15) is 0 Å². The summed E-state index contributed by atoms with van der Waals surface area (Å²) in [5.74, 6) is -1.14. The number of aryl methyl sites for hydroxylation is 1. The molecule has 1 unspecified atom stereocenters. The number of nitrogens with one attached hydrogen (secondary N) is 1. The SMILES string of the molecule is Cc1ccc(C(=O)O)cc1S(=O)(=O)NC1CCN(C)C1. The Bertz CT molecular complexity index is 627. The first-order valence-corrected chi connectivity index (χ1v) is 7.83. The lowest BCUT2D eigenvalue weighted by molar-refractivity contribution is 0.0696.